The van der Waals surface area contributed by atoms with Gasteiger partial charge in [-0.05, 0) is 31.5 Å². The van der Waals surface area contributed by atoms with Gasteiger partial charge < -0.3 is 14.6 Å². The molecule has 0 radical (unpaired) electrons. The maximum atomic E-state index is 5.25. The van der Waals surface area contributed by atoms with E-state index in [-0.39, 0.29) is 0 Å². The van der Waals surface area contributed by atoms with Gasteiger partial charge in [0.1, 0.15) is 5.69 Å². The molecule has 1 atom stereocenters. The molecule has 1 fully saturated rings. The predicted octanol–water partition coefficient (Wildman–Crippen LogP) is 0.687. The highest BCUT2D eigenvalue weighted by Crippen LogP contribution is 2.18. The van der Waals surface area contributed by atoms with Crippen molar-refractivity contribution >= 4 is 0 Å². The Hall–Kier alpha value is -2.02. The third kappa shape index (κ3) is 2.70. The second-order valence-electron chi connectivity index (χ2n) is 4.54. The number of ether oxygens (including phenoxy) is 1. The van der Waals surface area contributed by atoms with E-state index in [9.17, 15) is 0 Å². The van der Waals surface area contributed by atoms with Crippen LogP contribution in [0.3, 0.4) is 0 Å². The zero-order valence-corrected chi connectivity index (χ0v) is 10.7. The Balaban J connectivity index is 1.72. The van der Waals surface area contributed by atoms with E-state index >= 15 is 0 Å². The van der Waals surface area contributed by atoms with Crippen molar-refractivity contribution in [2.45, 2.75) is 12.8 Å². The molecule has 1 unspecified atom stereocenters. The highest BCUT2D eigenvalue weighted by atomic mass is 16.5. The highest BCUT2D eigenvalue weighted by Gasteiger charge is 2.19. The van der Waals surface area contributed by atoms with Crippen LogP contribution in [0.25, 0.3) is 11.5 Å². The minimum absolute atomic E-state index is 0.462. The fraction of sp³-hybridized carbons (Fsp3) is 0.500. The molecule has 7 heteroatoms. The van der Waals surface area contributed by atoms with Crippen molar-refractivity contribution < 1.29 is 9.26 Å². The van der Waals surface area contributed by atoms with Gasteiger partial charge >= 0.3 is 0 Å². The lowest BCUT2D eigenvalue weighted by molar-refractivity contribution is 0.357. The Morgan fingerprint density at radius 3 is 3.05 bits per heavy atom. The number of nitrogens with zero attached hydrogens (tertiary/aromatic N) is 4. The number of hydrogen-bond donors (Lipinski definition) is 1. The SMILES string of the molecule is COc1ccc(-c2noc(CC3CCNC3)n2)nn1. The third-order valence-electron chi connectivity index (χ3n) is 3.17. The van der Waals surface area contributed by atoms with Crippen LogP contribution < -0.4 is 10.1 Å². The molecule has 100 valence electrons. The maximum Gasteiger partial charge on any atom is 0.233 e. The van der Waals surface area contributed by atoms with Crippen LogP contribution in [0.15, 0.2) is 16.7 Å². The van der Waals surface area contributed by atoms with Crippen molar-refractivity contribution in [1.29, 1.82) is 0 Å². The average Bonchev–Trinajstić information content (AvgIpc) is 3.11. The molecule has 1 aliphatic rings. The van der Waals surface area contributed by atoms with Crippen molar-refractivity contribution in [3.05, 3.63) is 18.0 Å². The molecule has 1 N–H and O–H groups in total. The maximum absolute atomic E-state index is 5.25. The second kappa shape index (κ2) is 5.31. The Kier molecular flexibility index (Phi) is 3.37. The Bertz CT molecular complexity index is 533. The topological polar surface area (TPSA) is 86.0 Å². The van der Waals surface area contributed by atoms with Crippen molar-refractivity contribution in [3.8, 4) is 17.4 Å². The van der Waals surface area contributed by atoms with Crippen LogP contribution in [0.5, 0.6) is 5.88 Å². The molecule has 0 amide bonds. The van der Waals surface area contributed by atoms with Crippen molar-refractivity contribution in [2.24, 2.45) is 5.92 Å². The first-order valence-corrected chi connectivity index (χ1v) is 6.26. The fourth-order valence-electron chi connectivity index (χ4n) is 2.13. The molecular weight excluding hydrogens is 246 g/mol. The number of aromatic nitrogens is 4. The molecule has 0 saturated carbocycles. The average molecular weight is 261 g/mol. The highest BCUT2D eigenvalue weighted by molar-refractivity contribution is 5.47. The first kappa shape index (κ1) is 12.0. The van der Waals surface area contributed by atoms with Gasteiger partial charge in [-0.25, -0.2) is 0 Å². The number of rotatable bonds is 4. The monoisotopic (exact) mass is 261 g/mol. The molecule has 2 aromatic heterocycles. The summed E-state index contributed by atoms with van der Waals surface area (Å²) in [5, 5.41) is 15.1. The molecule has 2 aromatic rings. The minimum atomic E-state index is 0.462. The Labute approximate surface area is 110 Å². The van der Waals surface area contributed by atoms with E-state index in [1.165, 1.54) is 0 Å². The van der Waals surface area contributed by atoms with Crippen LogP contribution in [0.1, 0.15) is 12.3 Å². The molecule has 0 aliphatic carbocycles. The van der Waals surface area contributed by atoms with E-state index in [4.69, 9.17) is 9.26 Å². The van der Waals surface area contributed by atoms with Crippen LogP contribution in [0, 0.1) is 5.92 Å². The summed E-state index contributed by atoms with van der Waals surface area (Å²) in [5.41, 5.74) is 0.584. The summed E-state index contributed by atoms with van der Waals surface area (Å²) >= 11 is 0. The van der Waals surface area contributed by atoms with Crippen molar-refractivity contribution in [3.63, 3.8) is 0 Å². The summed E-state index contributed by atoms with van der Waals surface area (Å²) in [5.74, 6) is 2.16. The predicted molar refractivity (Wildman–Crippen MR) is 66.6 cm³/mol. The quantitative estimate of drug-likeness (QED) is 0.866. The molecule has 3 heterocycles. The summed E-state index contributed by atoms with van der Waals surface area (Å²) in [6.07, 6.45) is 1.96. The molecule has 1 aliphatic heterocycles. The van der Waals surface area contributed by atoms with Crippen molar-refractivity contribution in [2.75, 3.05) is 20.2 Å². The van der Waals surface area contributed by atoms with E-state index in [0.717, 1.165) is 25.9 Å². The smallest absolute Gasteiger partial charge is 0.233 e. The second-order valence-corrected chi connectivity index (χ2v) is 4.54. The normalized spacial score (nSPS) is 18.7. The van der Waals surface area contributed by atoms with Crippen LogP contribution in [-0.4, -0.2) is 40.5 Å². The molecular formula is C12H15N5O2. The van der Waals surface area contributed by atoms with E-state index < -0.39 is 0 Å². The standard InChI is InChI=1S/C12H15N5O2/c1-18-10-3-2-9(15-16-10)12-14-11(19-17-12)6-8-4-5-13-7-8/h2-3,8,13H,4-7H2,1H3. The lowest BCUT2D eigenvalue weighted by atomic mass is 10.1. The Morgan fingerprint density at radius 1 is 1.42 bits per heavy atom. The van der Waals surface area contributed by atoms with Crippen molar-refractivity contribution in [1.82, 2.24) is 25.7 Å². The van der Waals surface area contributed by atoms with E-state index in [0.29, 0.717) is 29.2 Å². The van der Waals surface area contributed by atoms with Crippen LogP contribution >= 0.6 is 0 Å². The zero-order valence-electron chi connectivity index (χ0n) is 10.7. The van der Waals surface area contributed by atoms with Gasteiger partial charge in [0.2, 0.25) is 17.6 Å². The van der Waals surface area contributed by atoms with E-state index in [1.807, 2.05) is 0 Å². The van der Waals surface area contributed by atoms with Gasteiger partial charge in [-0.3, -0.25) is 0 Å². The molecule has 0 bridgehead atoms. The summed E-state index contributed by atoms with van der Waals surface area (Å²) < 4.78 is 10.2. The summed E-state index contributed by atoms with van der Waals surface area (Å²) in [6, 6.07) is 3.48. The largest absolute Gasteiger partial charge is 0.480 e. The third-order valence-corrected chi connectivity index (χ3v) is 3.17. The molecule has 3 rings (SSSR count). The number of hydrogen-bond acceptors (Lipinski definition) is 7. The fourth-order valence-corrected chi connectivity index (χ4v) is 2.13. The van der Waals surface area contributed by atoms with Gasteiger partial charge in [0.25, 0.3) is 0 Å². The van der Waals surface area contributed by atoms with Gasteiger partial charge in [-0.1, -0.05) is 5.16 Å². The lowest BCUT2D eigenvalue weighted by Crippen LogP contribution is -2.10. The van der Waals surface area contributed by atoms with E-state index in [1.54, 1.807) is 19.2 Å². The zero-order chi connectivity index (χ0) is 13.1. The first-order chi connectivity index (χ1) is 9.35. The van der Waals surface area contributed by atoms with Gasteiger partial charge in [0.05, 0.1) is 7.11 Å². The van der Waals surface area contributed by atoms with Gasteiger partial charge in [0.15, 0.2) is 0 Å². The molecule has 0 spiro atoms. The van der Waals surface area contributed by atoms with Crippen LogP contribution in [0.2, 0.25) is 0 Å². The first-order valence-electron chi connectivity index (χ1n) is 6.26. The minimum Gasteiger partial charge on any atom is -0.480 e. The van der Waals surface area contributed by atoms with E-state index in [2.05, 4.69) is 25.7 Å². The van der Waals surface area contributed by atoms with Gasteiger partial charge in [0, 0.05) is 12.5 Å². The molecule has 0 aromatic carbocycles. The molecule has 1 saturated heterocycles. The molecule has 7 nitrogen and oxygen atoms in total. The summed E-state index contributed by atoms with van der Waals surface area (Å²) in [6.45, 7) is 2.08. The van der Waals surface area contributed by atoms with Crippen LogP contribution in [-0.2, 0) is 6.42 Å². The molecule has 19 heavy (non-hydrogen) atoms. The summed E-state index contributed by atoms with van der Waals surface area (Å²) in [4.78, 5) is 4.35. The van der Waals surface area contributed by atoms with Gasteiger partial charge in [-0.15, -0.1) is 10.2 Å². The number of nitrogens with one attached hydrogen (secondary N) is 1. The number of methoxy groups -OCH3 is 1. The van der Waals surface area contributed by atoms with Gasteiger partial charge in [-0.2, -0.15) is 4.98 Å². The Morgan fingerprint density at radius 2 is 2.37 bits per heavy atom. The lowest BCUT2D eigenvalue weighted by Gasteiger charge is -2.01. The summed E-state index contributed by atoms with van der Waals surface area (Å²) in [7, 11) is 1.55. The van der Waals surface area contributed by atoms with Crippen LogP contribution in [0.4, 0.5) is 0 Å².